The third-order valence-corrected chi connectivity index (χ3v) is 4.11. The van der Waals surface area contributed by atoms with Crippen LogP contribution in [0, 0.1) is 5.82 Å². The van der Waals surface area contributed by atoms with Gasteiger partial charge in [-0.25, -0.2) is 17.6 Å². The van der Waals surface area contributed by atoms with Gasteiger partial charge in [0.25, 0.3) is 10.0 Å². The maximum absolute atomic E-state index is 13.6. The fourth-order valence-electron chi connectivity index (χ4n) is 1.37. The third kappa shape index (κ3) is 2.96. The number of carboxylic acids is 1. The van der Waals surface area contributed by atoms with Crippen molar-refractivity contribution in [1.82, 2.24) is 10.2 Å². The number of benzene rings is 1. The molecule has 20 heavy (non-hydrogen) atoms. The fraction of sp³-hybridized carbons (Fsp3) is 0. The van der Waals surface area contributed by atoms with Crippen molar-refractivity contribution < 1.29 is 22.7 Å². The van der Waals surface area contributed by atoms with Gasteiger partial charge in [0.2, 0.25) is 0 Å². The molecule has 1 aromatic heterocycles. The Morgan fingerprint density at radius 3 is 2.65 bits per heavy atom. The van der Waals surface area contributed by atoms with Crippen LogP contribution in [0.1, 0.15) is 10.5 Å². The fourth-order valence-corrected chi connectivity index (χ4v) is 2.76. The van der Waals surface area contributed by atoms with Gasteiger partial charge in [-0.05, 0) is 18.2 Å². The molecule has 0 spiro atoms. The first-order valence-electron chi connectivity index (χ1n) is 5.06. The first-order valence-corrected chi connectivity index (χ1v) is 7.34. The highest BCUT2D eigenvalue weighted by Gasteiger charge is 2.21. The maximum atomic E-state index is 13.6. The van der Waals surface area contributed by atoms with Crippen LogP contribution in [-0.2, 0) is 10.0 Å². The van der Waals surface area contributed by atoms with E-state index in [1.54, 1.807) is 0 Å². The summed E-state index contributed by atoms with van der Waals surface area (Å²) >= 11 is 3.01. The van der Waals surface area contributed by atoms with Gasteiger partial charge in [0.15, 0.2) is 5.82 Å². The van der Waals surface area contributed by atoms with Crippen LogP contribution in [0.2, 0.25) is 0 Å². The Hall–Kier alpha value is -1.94. The molecule has 106 valence electrons. The third-order valence-electron chi connectivity index (χ3n) is 2.23. The number of aromatic carboxylic acids is 1. The number of carboxylic acid groups (broad SMARTS) is 1. The van der Waals surface area contributed by atoms with Crippen molar-refractivity contribution >= 4 is 37.7 Å². The molecule has 0 unspecified atom stereocenters. The number of H-pyrrole nitrogens is 1. The molecule has 0 aliphatic heterocycles. The number of nitrogens with zero attached hydrogens (tertiary/aromatic N) is 1. The second-order valence-electron chi connectivity index (χ2n) is 3.65. The van der Waals surface area contributed by atoms with Gasteiger partial charge in [0, 0.05) is 10.5 Å². The lowest BCUT2D eigenvalue weighted by Gasteiger charge is -2.06. The molecular formula is C10H7BrFN3O4S. The van der Waals surface area contributed by atoms with Crippen LogP contribution in [0.15, 0.2) is 33.6 Å². The summed E-state index contributed by atoms with van der Waals surface area (Å²) in [6.45, 7) is 0. The molecule has 0 saturated carbocycles. The molecule has 1 heterocycles. The number of nitrogens with one attached hydrogen (secondary N) is 2. The summed E-state index contributed by atoms with van der Waals surface area (Å²) in [6.07, 6.45) is 0. The van der Waals surface area contributed by atoms with Gasteiger partial charge in [0.05, 0.1) is 0 Å². The summed E-state index contributed by atoms with van der Waals surface area (Å²) in [5.74, 6) is -2.48. The van der Waals surface area contributed by atoms with E-state index in [1.807, 2.05) is 4.72 Å². The Balaban J connectivity index is 2.33. The van der Waals surface area contributed by atoms with E-state index in [2.05, 4.69) is 26.1 Å². The van der Waals surface area contributed by atoms with Gasteiger partial charge < -0.3 is 5.11 Å². The molecule has 0 amide bonds. The van der Waals surface area contributed by atoms with Crippen molar-refractivity contribution in [3.63, 3.8) is 0 Å². The van der Waals surface area contributed by atoms with Crippen molar-refractivity contribution in [2.75, 3.05) is 4.72 Å². The Kier molecular flexibility index (Phi) is 3.77. The number of rotatable bonds is 4. The number of sulfonamides is 1. The monoisotopic (exact) mass is 363 g/mol. The molecule has 0 fully saturated rings. The number of carbonyl (C=O) groups is 1. The molecule has 0 atom stereocenters. The zero-order valence-electron chi connectivity index (χ0n) is 9.59. The smallest absolute Gasteiger partial charge is 0.353 e. The molecule has 0 saturated heterocycles. The number of anilines is 1. The van der Waals surface area contributed by atoms with Crippen LogP contribution >= 0.6 is 15.9 Å². The lowest BCUT2D eigenvalue weighted by molar-refractivity contribution is 0.0690. The molecule has 2 aromatic rings. The summed E-state index contributed by atoms with van der Waals surface area (Å²) in [4.78, 5) is 10.1. The highest BCUT2D eigenvalue weighted by Crippen LogP contribution is 2.21. The molecule has 10 heteroatoms. The molecule has 0 bridgehead atoms. The van der Waals surface area contributed by atoms with Crippen LogP contribution in [0.5, 0.6) is 0 Å². The van der Waals surface area contributed by atoms with Crippen LogP contribution in [0.4, 0.5) is 10.2 Å². The molecule has 0 radical (unpaired) electrons. The highest BCUT2D eigenvalue weighted by atomic mass is 79.9. The van der Waals surface area contributed by atoms with Gasteiger partial charge in [-0.15, -0.1) is 0 Å². The topological polar surface area (TPSA) is 112 Å². The van der Waals surface area contributed by atoms with Gasteiger partial charge in [-0.1, -0.05) is 15.9 Å². The molecule has 0 aliphatic carbocycles. The van der Waals surface area contributed by atoms with Gasteiger partial charge >= 0.3 is 5.97 Å². The summed E-state index contributed by atoms with van der Waals surface area (Å²) in [7, 11) is -4.19. The lowest BCUT2D eigenvalue weighted by Crippen LogP contribution is -2.14. The second kappa shape index (κ2) is 5.21. The highest BCUT2D eigenvalue weighted by molar-refractivity contribution is 9.10. The normalized spacial score (nSPS) is 11.3. The van der Waals surface area contributed by atoms with E-state index in [-0.39, 0.29) is 11.5 Å². The van der Waals surface area contributed by atoms with E-state index in [1.165, 1.54) is 6.07 Å². The van der Waals surface area contributed by atoms with Crippen molar-refractivity contribution in [1.29, 1.82) is 0 Å². The second-order valence-corrected chi connectivity index (χ2v) is 6.22. The van der Waals surface area contributed by atoms with Crippen molar-refractivity contribution in [3.8, 4) is 0 Å². The average molecular weight is 364 g/mol. The lowest BCUT2D eigenvalue weighted by atomic mass is 10.3. The summed E-state index contributed by atoms with van der Waals surface area (Å²) in [5, 5.41) is 14.3. The summed E-state index contributed by atoms with van der Waals surface area (Å²) in [5.41, 5.74) is -0.293. The van der Waals surface area contributed by atoms with Crippen LogP contribution in [-0.4, -0.2) is 29.7 Å². The molecule has 2 rings (SSSR count). The van der Waals surface area contributed by atoms with Gasteiger partial charge in [-0.3, -0.25) is 9.82 Å². The predicted molar refractivity (Wildman–Crippen MR) is 70.5 cm³/mol. The van der Waals surface area contributed by atoms with Crippen molar-refractivity contribution in [3.05, 3.63) is 40.2 Å². The zero-order valence-corrected chi connectivity index (χ0v) is 12.0. The van der Waals surface area contributed by atoms with E-state index in [9.17, 15) is 17.6 Å². The first kappa shape index (κ1) is 14.5. The first-order chi connectivity index (χ1) is 9.29. The Bertz CT molecular complexity index is 775. The Morgan fingerprint density at radius 2 is 2.10 bits per heavy atom. The number of aromatic nitrogens is 2. The standard InChI is InChI=1S/C10H7BrFN3O4S/c11-5-1-2-8(6(12)3-5)20(18,19)15-9-4-7(10(16)17)13-14-9/h1-4H,(H,16,17)(H2,13,14,15). The van der Waals surface area contributed by atoms with E-state index in [0.29, 0.717) is 4.47 Å². The molecular weight excluding hydrogens is 357 g/mol. The Labute approximate surface area is 121 Å². The van der Waals surface area contributed by atoms with Crippen LogP contribution in [0.3, 0.4) is 0 Å². The molecule has 0 aliphatic rings. The maximum Gasteiger partial charge on any atom is 0.353 e. The van der Waals surface area contributed by atoms with Crippen LogP contribution < -0.4 is 4.72 Å². The quantitative estimate of drug-likeness (QED) is 0.766. The molecule has 3 N–H and O–H groups in total. The van der Waals surface area contributed by atoms with Crippen molar-refractivity contribution in [2.45, 2.75) is 4.90 Å². The van der Waals surface area contributed by atoms with Crippen molar-refractivity contribution in [2.24, 2.45) is 0 Å². The number of hydrogen-bond donors (Lipinski definition) is 3. The SMILES string of the molecule is O=C(O)c1cc(NS(=O)(=O)c2ccc(Br)cc2F)n[nH]1. The number of aromatic amines is 1. The van der Waals surface area contributed by atoms with E-state index in [4.69, 9.17) is 5.11 Å². The van der Waals surface area contributed by atoms with Crippen LogP contribution in [0.25, 0.3) is 0 Å². The van der Waals surface area contributed by atoms with E-state index in [0.717, 1.165) is 18.2 Å². The minimum atomic E-state index is -4.19. The van der Waals surface area contributed by atoms with E-state index < -0.39 is 26.7 Å². The molecule has 7 nitrogen and oxygen atoms in total. The zero-order chi connectivity index (χ0) is 14.9. The summed E-state index contributed by atoms with van der Waals surface area (Å²) in [6, 6.07) is 4.43. The molecule has 1 aromatic carbocycles. The number of halogens is 2. The predicted octanol–water partition coefficient (Wildman–Crippen LogP) is 1.81. The van der Waals surface area contributed by atoms with E-state index >= 15 is 0 Å². The minimum absolute atomic E-state index is 0.246. The largest absolute Gasteiger partial charge is 0.477 e. The minimum Gasteiger partial charge on any atom is -0.477 e. The average Bonchev–Trinajstić information content (AvgIpc) is 2.76. The van der Waals surface area contributed by atoms with Gasteiger partial charge in [-0.2, -0.15) is 5.10 Å². The Morgan fingerprint density at radius 1 is 1.40 bits per heavy atom. The number of hydrogen-bond acceptors (Lipinski definition) is 4. The summed E-state index contributed by atoms with van der Waals surface area (Å²) < 4.78 is 39.9. The van der Waals surface area contributed by atoms with Gasteiger partial charge in [0.1, 0.15) is 16.4 Å².